The van der Waals surface area contributed by atoms with Crippen LogP contribution in [0.2, 0.25) is 0 Å². The summed E-state index contributed by atoms with van der Waals surface area (Å²) < 4.78 is 5.75. The fourth-order valence-electron chi connectivity index (χ4n) is 1.99. The van der Waals surface area contributed by atoms with E-state index in [1.165, 1.54) is 31.2 Å². The smallest absolute Gasteiger partial charge is 0.119 e. The minimum Gasteiger partial charge on any atom is -0.490 e. The summed E-state index contributed by atoms with van der Waals surface area (Å²) in [6, 6.07) is 9.22. The van der Waals surface area contributed by atoms with E-state index >= 15 is 0 Å². The van der Waals surface area contributed by atoms with E-state index in [0.717, 1.165) is 18.7 Å². The number of aryl methyl sites for hydroxylation is 1. The van der Waals surface area contributed by atoms with Gasteiger partial charge in [0.1, 0.15) is 5.75 Å². The van der Waals surface area contributed by atoms with Gasteiger partial charge in [-0.05, 0) is 63.3 Å². The van der Waals surface area contributed by atoms with E-state index in [9.17, 15) is 0 Å². The van der Waals surface area contributed by atoms with Crippen LogP contribution in [0.1, 0.15) is 45.1 Å². The van der Waals surface area contributed by atoms with Gasteiger partial charge in [0.25, 0.3) is 0 Å². The van der Waals surface area contributed by atoms with Gasteiger partial charge in [0.15, 0.2) is 0 Å². The van der Waals surface area contributed by atoms with E-state index in [-0.39, 0.29) is 0 Å². The minimum absolute atomic E-state index is 0.495. The Kier molecular flexibility index (Phi) is 5.06. The van der Waals surface area contributed by atoms with E-state index in [1.807, 2.05) is 0 Å². The summed E-state index contributed by atoms with van der Waals surface area (Å²) in [5.74, 6) is 1.03. The Morgan fingerprint density at radius 3 is 2.61 bits per heavy atom. The van der Waals surface area contributed by atoms with Crippen molar-refractivity contribution in [3.05, 3.63) is 29.8 Å². The molecule has 100 valence electrons. The topological polar surface area (TPSA) is 21.3 Å². The number of ether oxygens (including phenoxy) is 1. The average Bonchev–Trinajstić information content (AvgIpc) is 3.19. The van der Waals surface area contributed by atoms with Crippen molar-refractivity contribution in [2.24, 2.45) is 0 Å². The average molecular weight is 247 g/mol. The minimum atomic E-state index is 0.495. The van der Waals surface area contributed by atoms with E-state index in [0.29, 0.717) is 12.1 Å². The molecule has 1 fully saturated rings. The second kappa shape index (κ2) is 6.79. The Balaban J connectivity index is 1.71. The molecule has 1 aliphatic carbocycles. The summed E-state index contributed by atoms with van der Waals surface area (Å²) in [6.45, 7) is 5.59. The fraction of sp³-hybridized carbons (Fsp3) is 0.625. The first-order valence-electron chi connectivity index (χ1n) is 7.27. The van der Waals surface area contributed by atoms with Gasteiger partial charge in [0.2, 0.25) is 0 Å². The normalized spacial score (nSPS) is 16.6. The Bertz CT molecular complexity index is 343. The number of rotatable bonds is 8. The Labute approximate surface area is 111 Å². The zero-order chi connectivity index (χ0) is 12.8. The molecular weight excluding hydrogens is 222 g/mol. The maximum absolute atomic E-state index is 5.75. The first-order valence-corrected chi connectivity index (χ1v) is 7.27. The van der Waals surface area contributed by atoms with Gasteiger partial charge >= 0.3 is 0 Å². The first-order chi connectivity index (χ1) is 8.78. The summed E-state index contributed by atoms with van der Waals surface area (Å²) in [5, 5.41) is 3.52. The Morgan fingerprint density at radius 1 is 1.28 bits per heavy atom. The van der Waals surface area contributed by atoms with Gasteiger partial charge in [-0.25, -0.2) is 0 Å². The van der Waals surface area contributed by atoms with E-state index in [4.69, 9.17) is 4.74 Å². The standard InChI is InChI=1S/C16H25NO/c1-3-12-17-13(2)4-5-14-6-8-15(9-7-14)18-16-10-11-16/h6-9,13,16-17H,3-5,10-12H2,1-2H3. The second-order valence-corrected chi connectivity index (χ2v) is 5.36. The van der Waals surface area contributed by atoms with Crippen molar-refractivity contribution >= 4 is 0 Å². The third-order valence-electron chi connectivity index (χ3n) is 3.36. The maximum Gasteiger partial charge on any atom is 0.119 e. The predicted molar refractivity (Wildman–Crippen MR) is 76.2 cm³/mol. The van der Waals surface area contributed by atoms with Crippen molar-refractivity contribution in [2.45, 2.75) is 58.1 Å². The monoisotopic (exact) mass is 247 g/mol. The molecule has 0 aromatic heterocycles. The van der Waals surface area contributed by atoms with Crippen LogP contribution in [0.3, 0.4) is 0 Å². The van der Waals surface area contributed by atoms with Gasteiger partial charge < -0.3 is 10.1 Å². The lowest BCUT2D eigenvalue weighted by atomic mass is 10.1. The molecule has 1 N–H and O–H groups in total. The number of benzene rings is 1. The van der Waals surface area contributed by atoms with Gasteiger partial charge in [-0.15, -0.1) is 0 Å². The lowest BCUT2D eigenvalue weighted by molar-refractivity contribution is 0.303. The lowest BCUT2D eigenvalue weighted by Gasteiger charge is -2.13. The molecule has 1 aromatic carbocycles. The first kappa shape index (κ1) is 13.4. The van der Waals surface area contributed by atoms with Crippen LogP contribution in [0.25, 0.3) is 0 Å². The quantitative estimate of drug-likeness (QED) is 0.758. The molecule has 2 heteroatoms. The third-order valence-corrected chi connectivity index (χ3v) is 3.36. The molecule has 0 saturated heterocycles. The predicted octanol–water partition coefficient (Wildman–Crippen LogP) is 3.55. The van der Waals surface area contributed by atoms with Gasteiger partial charge in [-0.3, -0.25) is 0 Å². The zero-order valence-electron chi connectivity index (χ0n) is 11.6. The van der Waals surface area contributed by atoms with Crippen molar-refractivity contribution in [3.63, 3.8) is 0 Å². The summed E-state index contributed by atoms with van der Waals surface area (Å²) >= 11 is 0. The highest BCUT2D eigenvalue weighted by atomic mass is 16.5. The van der Waals surface area contributed by atoms with Crippen LogP contribution < -0.4 is 10.1 Å². The highest BCUT2D eigenvalue weighted by Crippen LogP contribution is 2.26. The summed E-state index contributed by atoms with van der Waals surface area (Å²) in [6.07, 6.45) is 6.49. The van der Waals surface area contributed by atoms with Crippen LogP contribution in [0.5, 0.6) is 5.75 Å². The van der Waals surface area contributed by atoms with E-state index in [2.05, 4.69) is 43.4 Å². The molecule has 0 radical (unpaired) electrons. The highest BCUT2D eigenvalue weighted by Gasteiger charge is 2.23. The Hall–Kier alpha value is -1.02. The molecule has 0 aliphatic heterocycles. The molecule has 1 aromatic rings. The fourth-order valence-corrected chi connectivity index (χ4v) is 1.99. The molecule has 0 heterocycles. The van der Waals surface area contributed by atoms with Crippen LogP contribution in [0.4, 0.5) is 0 Å². The van der Waals surface area contributed by atoms with E-state index in [1.54, 1.807) is 0 Å². The van der Waals surface area contributed by atoms with Crippen molar-refractivity contribution < 1.29 is 4.74 Å². The number of nitrogens with one attached hydrogen (secondary N) is 1. The van der Waals surface area contributed by atoms with Crippen molar-refractivity contribution in [3.8, 4) is 5.75 Å². The molecule has 1 aliphatic rings. The van der Waals surface area contributed by atoms with Gasteiger partial charge in [-0.1, -0.05) is 19.1 Å². The summed E-state index contributed by atoms with van der Waals surface area (Å²) in [5.41, 5.74) is 1.41. The van der Waals surface area contributed by atoms with Gasteiger partial charge in [0.05, 0.1) is 6.10 Å². The van der Waals surface area contributed by atoms with E-state index < -0.39 is 0 Å². The third kappa shape index (κ3) is 4.69. The van der Waals surface area contributed by atoms with Crippen molar-refractivity contribution in [2.75, 3.05) is 6.54 Å². The van der Waals surface area contributed by atoms with Crippen molar-refractivity contribution in [1.29, 1.82) is 0 Å². The highest BCUT2D eigenvalue weighted by molar-refractivity contribution is 5.27. The lowest BCUT2D eigenvalue weighted by Crippen LogP contribution is -2.27. The SMILES string of the molecule is CCCNC(C)CCc1ccc(OC2CC2)cc1. The molecule has 1 saturated carbocycles. The zero-order valence-corrected chi connectivity index (χ0v) is 11.6. The maximum atomic E-state index is 5.75. The molecule has 18 heavy (non-hydrogen) atoms. The molecule has 1 atom stereocenters. The number of hydrogen-bond donors (Lipinski definition) is 1. The summed E-state index contributed by atoms with van der Waals surface area (Å²) in [7, 11) is 0. The Morgan fingerprint density at radius 2 is 2.00 bits per heavy atom. The molecular formula is C16H25NO. The molecule has 2 nitrogen and oxygen atoms in total. The van der Waals surface area contributed by atoms with Crippen LogP contribution in [-0.4, -0.2) is 18.7 Å². The largest absolute Gasteiger partial charge is 0.490 e. The molecule has 0 bridgehead atoms. The number of hydrogen-bond acceptors (Lipinski definition) is 2. The molecule has 2 rings (SSSR count). The van der Waals surface area contributed by atoms with Crippen LogP contribution in [0.15, 0.2) is 24.3 Å². The van der Waals surface area contributed by atoms with Crippen LogP contribution >= 0.6 is 0 Å². The van der Waals surface area contributed by atoms with Gasteiger partial charge in [0, 0.05) is 6.04 Å². The molecule has 0 amide bonds. The molecule has 1 unspecified atom stereocenters. The van der Waals surface area contributed by atoms with Gasteiger partial charge in [-0.2, -0.15) is 0 Å². The van der Waals surface area contributed by atoms with Crippen molar-refractivity contribution in [1.82, 2.24) is 5.32 Å². The molecule has 0 spiro atoms. The second-order valence-electron chi connectivity index (χ2n) is 5.36. The summed E-state index contributed by atoms with van der Waals surface area (Å²) in [4.78, 5) is 0. The van der Waals surface area contributed by atoms with Crippen LogP contribution in [0, 0.1) is 0 Å². The van der Waals surface area contributed by atoms with Crippen LogP contribution in [-0.2, 0) is 6.42 Å².